The number of anilines is 1. The lowest BCUT2D eigenvalue weighted by Crippen LogP contribution is -2.18. The molecule has 3 rings (SSSR count). The molecule has 33 heavy (non-hydrogen) atoms. The van der Waals surface area contributed by atoms with Crippen LogP contribution in [-0.2, 0) is 14.8 Å². The number of hydrogen-bond acceptors (Lipinski definition) is 7. The number of ketones is 1. The molecule has 0 spiro atoms. The predicted octanol–water partition coefficient (Wildman–Crippen LogP) is 3.68. The van der Waals surface area contributed by atoms with E-state index in [1.165, 1.54) is 32.4 Å². The molecule has 0 unspecified atom stereocenters. The molecule has 10 heteroatoms. The summed E-state index contributed by atoms with van der Waals surface area (Å²) in [6.07, 6.45) is 0. The Morgan fingerprint density at radius 1 is 0.939 bits per heavy atom. The van der Waals surface area contributed by atoms with Crippen molar-refractivity contribution in [2.45, 2.75) is 4.90 Å². The molecule has 0 bridgehead atoms. The summed E-state index contributed by atoms with van der Waals surface area (Å²) in [5.74, 6) is -2.38. The van der Waals surface area contributed by atoms with Crippen molar-refractivity contribution in [3.05, 3.63) is 83.7 Å². The Labute approximate surface area is 190 Å². The Balaban J connectivity index is 1.92. The van der Waals surface area contributed by atoms with E-state index in [1.807, 2.05) is 0 Å². The Morgan fingerprint density at radius 2 is 1.61 bits per heavy atom. The largest absolute Gasteiger partial charge is 0.493 e. The van der Waals surface area contributed by atoms with Crippen LogP contribution in [0.25, 0.3) is 0 Å². The number of esters is 1. The van der Waals surface area contributed by atoms with Crippen LogP contribution in [0.15, 0.2) is 71.6 Å². The molecule has 8 nitrogen and oxygen atoms in total. The topological polar surface area (TPSA) is 108 Å². The minimum Gasteiger partial charge on any atom is -0.493 e. The van der Waals surface area contributed by atoms with E-state index in [2.05, 4.69) is 4.72 Å². The summed E-state index contributed by atoms with van der Waals surface area (Å²) in [5.41, 5.74) is -0.211. The molecule has 0 aliphatic carbocycles. The first-order valence-electron chi connectivity index (χ1n) is 9.55. The fourth-order valence-corrected chi connectivity index (χ4v) is 4.02. The summed E-state index contributed by atoms with van der Waals surface area (Å²) in [6.45, 7) is -0.571. The standard InChI is InChI=1S/C23H20FNO7S/c1-30-21-13-16(33(28,29)25-19-11-7-6-10-18(19)24)12-17(22(21)31-2)23(27)32-14-20(26)15-8-4-3-5-9-15/h3-13,25H,14H2,1-2H3. The predicted molar refractivity (Wildman–Crippen MR) is 118 cm³/mol. The Morgan fingerprint density at radius 3 is 2.24 bits per heavy atom. The average molecular weight is 473 g/mol. The normalized spacial score (nSPS) is 10.9. The number of ether oxygens (including phenoxy) is 3. The molecule has 0 fully saturated rings. The van der Waals surface area contributed by atoms with Crippen molar-refractivity contribution >= 4 is 27.5 Å². The lowest BCUT2D eigenvalue weighted by molar-refractivity contribution is 0.0470. The molecule has 0 aliphatic heterocycles. The first-order valence-corrected chi connectivity index (χ1v) is 11.0. The maximum absolute atomic E-state index is 13.9. The number of Topliss-reactive ketones (excluding diaryl/α,β-unsaturated/α-hetero) is 1. The van der Waals surface area contributed by atoms with Crippen LogP contribution in [0.5, 0.6) is 11.5 Å². The Hall–Kier alpha value is -3.92. The molecule has 0 amide bonds. The molecule has 1 N–H and O–H groups in total. The smallest absolute Gasteiger partial charge is 0.342 e. The van der Waals surface area contributed by atoms with E-state index in [0.717, 1.165) is 18.2 Å². The van der Waals surface area contributed by atoms with Gasteiger partial charge in [0.05, 0.1) is 24.8 Å². The second kappa shape index (κ2) is 10.1. The molecule has 0 saturated carbocycles. The van der Waals surface area contributed by atoms with E-state index in [0.29, 0.717) is 5.56 Å². The summed E-state index contributed by atoms with van der Waals surface area (Å²) < 4.78 is 57.3. The van der Waals surface area contributed by atoms with Gasteiger partial charge in [-0.1, -0.05) is 42.5 Å². The number of sulfonamides is 1. The van der Waals surface area contributed by atoms with Gasteiger partial charge in [0.15, 0.2) is 23.9 Å². The summed E-state index contributed by atoms with van der Waals surface area (Å²) in [4.78, 5) is 24.6. The fraction of sp³-hybridized carbons (Fsp3) is 0.130. The lowest BCUT2D eigenvalue weighted by Gasteiger charge is -2.15. The highest BCUT2D eigenvalue weighted by Gasteiger charge is 2.26. The molecular formula is C23H20FNO7S. The number of nitrogens with one attached hydrogen (secondary N) is 1. The number of carbonyl (C=O) groups excluding carboxylic acids is 2. The monoisotopic (exact) mass is 473 g/mol. The Kier molecular flexibility index (Phi) is 7.29. The number of para-hydroxylation sites is 1. The van der Waals surface area contributed by atoms with Gasteiger partial charge in [-0.3, -0.25) is 9.52 Å². The second-order valence-corrected chi connectivity index (χ2v) is 8.34. The van der Waals surface area contributed by atoms with E-state index in [-0.39, 0.29) is 22.7 Å². The number of methoxy groups -OCH3 is 2. The van der Waals surface area contributed by atoms with Crippen molar-refractivity contribution in [1.29, 1.82) is 0 Å². The highest BCUT2D eigenvalue weighted by Crippen LogP contribution is 2.35. The van der Waals surface area contributed by atoms with E-state index in [9.17, 15) is 22.4 Å². The third kappa shape index (κ3) is 5.47. The summed E-state index contributed by atoms with van der Waals surface area (Å²) in [7, 11) is -1.81. The number of benzene rings is 3. The molecule has 3 aromatic carbocycles. The third-order valence-electron chi connectivity index (χ3n) is 4.53. The summed E-state index contributed by atoms with van der Waals surface area (Å²) >= 11 is 0. The first kappa shape index (κ1) is 23.7. The van der Waals surface area contributed by atoms with Crippen molar-refractivity contribution in [1.82, 2.24) is 0 Å². The molecule has 3 aromatic rings. The zero-order chi connectivity index (χ0) is 24.0. The van der Waals surface area contributed by atoms with Crippen LogP contribution in [0.4, 0.5) is 10.1 Å². The van der Waals surface area contributed by atoms with E-state index in [4.69, 9.17) is 14.2 Å². The van der Waals surface area contributed by atoms with Crippen molar-refractivity contribution in [2.24, 2.45) is 0 Å². The third-order valence-corrected chi connectivity index (χ3v) is 5.88. The van der Waals surface area contributed by atoms with Gasteiger partial charge >= 0.3 is 5.97 Å². The summed E-state index contributed by atoms with van der Waals surface area (Å²) in [5, 5.41) is 0. The van der Waals surface area contributed by atoms with Gasteiger partial charge in [-0.15, -0.1) is 0 Å². The highest BCUT2D eigenvalue weighted by molar-refractivity contribution is 7.92. The molecule has 0 heterocycles. The lowest BCUT2D eigenvalue weighted by atomic mass is 10.1. The van der Waals surface area contributed by atoms with Gasteiger partial charge in [0, 0.05) is 11.6 Å². The number of halogens is 1. The van der Waals surface area contributed by atoms with Crippen molar-refractivity contribution in [3.8, 4) is 11.5 Å². The van der Waals surface area contributed by atoms with Crippen molar-refractivity contribution in [3.63, 3.8) is 0 Å². The van der Waals surface area contributed by atoms with Crippen LogP contribution in [0.1, 0.15) is 20.7 Å². The highest BCUT2D eigenvalue weighted by atomic mass is 32.2. The van der Waals surface area contributed by atoms with E-state index in [1.54, 1.807) is 30.3 Å². The zero-order valence-corrected chi connectivity index (χ0v) is 18.5. The fourth-order valence-electron chi connectivity index (χ4n) is 2.91. The van der Waals surface area contributed by atoms with E-state index >= 15 is 0 Å². The van der Waals surface area contributed by atoms with Gasteiger partial charge in [0.2, 0.25) is 0 Å². The van der Waals surface area contributed by atoms with Crippen LogP contribution in [0.2, 0.25) is 0 Å². The van der Waals surface area contributed by atoms with Gasteiger partial charge in [-0.05, 0) is 18.2 Å². The number of rotatable bonds is 9. The quantitative estimate of drug-likeness (QED) is 0.373. The molecule has 0 atom stereocenters. The number of carbonyl (C=O) groups is 2. The van der Waals surface area contributed by atoms with Crippen LogP contribution in [-0.4, -0.2) is 41.0 Å². The van der Waals surface area contributed by atoms with Gasteiger partial charge in [-0.2, -0.15) is 0 Å². The average Bonchev–Trinajstić information content (AvgIpc) is 2.83. The van der Waals surface area contributed by atoms with Crippen LogP contribution in [0, 0.1) is 5.82 Å². The van der Waals surface area contributed by atoms with Gasteiger partial charge in [0.25, 0.3) is 10.0 Å². The molecular weight excluding hydrogens is 453 g/mol. The van der Waals surface area contributed by atoms with E-state index < -0.39 is 39.1 Å². The molecule has 172 valence electrons. The minimum atomic E-state index is -4.32. The molecule has 0 aliphatic rings. The number of hydrogen-bond donors (Lipinski definition) is 1. The minimum absolute atomic E-state index is 0.0738. The SMILES string of the molecule is COc1cc(S(=O)(=O)Nc2ccccc2F)cc(C(=O)OCC(=O)c2ccccc2)c1OC. The molecule has 0 saturated heterocycles. The van der Waals surface area contributed by atoms with Crippen LogP contribution >= 0.6 is 0 Å². The maximum atomic E-state index is 13.9. The van der Waals surface area contributed by atoms with Crippen LogP contribution < -0.4 is 14.2 Å². The van der Waals surface area contributed by atoms with Gasteiger partial charge in [-0.25, -0.2) is 17.6 Å². The van der Waals surface area contributed by atoms with Crippen molar-refractivity contribution < 1.29 is 36.6 Å². The molecule has 0 radical (unpaired) electrons. The molecule has 0 aromatic heterocycles. The summed E-state index contributed by atoms with van der Waals surface area (Å²) in [6, 6.07) is 15.5. The zero-order valence-electron chi connectivity index (χ0n) is 17.7. The maximum Gasteiger partial charge on any atom is 0.342 e. The van der Waals surface area contributed by atoms with Crippen molar-refractivity contribution in [2.75, 3.05) is 25.5 Å². The van der Waals surface area contributed by atoms with Crippen LogP contribution in [0.3, 0.4) is 0 Å². The van der Waals surface area contributed by atoms with Gasteiger partial charge in [0.1, 0.15) is 11.4 Å². The Bertz CT molecular complexity index is 1280. The first-order chi connectivity index (χ1) is 15.8. The second-order valence-electron chi connectivity index (χ2n) is 6.66. The van der Waals surface area contributed by atoms with Gasteiger partial charge < -0.3 is 14.2 Å².